The average Bonchev–Trinajstić information content (AvgIpc) is 3.32. The van der Waals surface area contributed by atoms with Crippen molar-refractivity contribution in [2.75, 3.05) is 5.32 Å². The smallest absolute Gasteiger partial charge is 0.256 e. The molecule has 0 saturated carbocycles. The molecule has 1 aliphatic carbocycles. The van der Waals surface area contributed by atoms with Crippen LogP contribution in [0.1, 0.15) is 87.7 Å². The topological polar surface area (TPSA) is 21.3 Å². The molecule has 5 rings (SSSR count). The largest absolute Gasteiger partial charge is 0.543 e. The molecule has 0 fully saturated rings. The summed E-state index contributed by atoms with van der Waals surface area (Å²) < 4.78 is 7.20. The summed E-state index contributed by atoms with van der Waals surface area (Å²) in [6.45, 7) is 16.1. The first kappa shape index (κ1) is 29.9. The molecule has 0 amide bonds. The van der Waals surface area contributed by atoms with E-state index in [4.69, 9.17) is 4.43 Å². The van der Waals surface area contributed by atoms with Gasteiger partial charge in [0.2, 0.25) is 0 Å². The molecule has 0 radical (unpaired) electrons. The predicted octanol–water partition coefficient (Wildman–Crippen LogP) is 11.3. The summed E-state index contributed by atoms with van der Waals surface area (Å²) in [5.74, 6) is 1.02. The predicted molar refractivity (Wildman–Crippen MR) is 184 cm³/mol. The van der Waals surface area contributed by atoms with E-state index in [2.05, 4.69) is 156 Å². The second-order valence-electron chi connectivity index (χ2n) is 13.4. The zero-order valence-electron chi connectivity index (χ0n) is 26.5. The van der Waals surface area contributed by atoms with Gasteiger partial charge in [0.15, 0.2) is 0 Å². The van der Waals surface area contributed by atoms with Crippen LogP contribution in [0.2, 0.25) is 13.1 Å². The third kappa shape index (κ3) is 6.42. The highest BCUT2D eigenvalue weighted by Gasteiger charge is 2.42. The lowest BCUT2D eigenvalue weighted by molar-refractivity contribution is 0.517. The molecule has 0 saturated heterocycles. The van der Waals surface area contributed by atoms with Gasteiger partial charge in [-0.15, -0.1) is 0 Å². The molecule has 42 heavy (non-hydrogen) atoms. The molecule has 0 heterocycles. The molecule has 1 N–H and O–H groups in total. The van der Waals surface area contributed by atoms with E-state index in [0.717, 1.165) is 24.3 Å². The lowest BCUT2D eigenvalue weighted by Crippen LogP contribution is -2.42. The zero-order chi connectivity index (χ0) is 29.9. The first-order chi connectivity index (χ1) is 20.1. The monoisotopic (exact) mass is 573 g/mol. The molecule has 4 aromatic carbocycles. The van der Waals surface area contributed by atoms with Crippen LogP contribution in [-0.4, -0.2) is 8.32 Å². The Labute approximate surface area is 255 Å². The molecule has 0 aliphatic heterocycles. The minimum atomic E-state index is -2.28. The molecule has 0 bridgehead atoms. The Kier molecular flexibility index (Phi) is 8.80. The van der Waals surface area contributed by atoms with Gasteiger partial charge in [-0.25, -0.2) is 0 Å². The highest BCUT2D eigenvalue weighted by molar-refractivity contribution is 6.74. The van der Waals surface area contributed by atoms with Gasteiger partial charge < -0.3 is 9.74 Å². The van der Waals surface area contributed by atoms with E-state index in [1.54, 1.807) is 0 Å². The summed E-state index contributed by atoms with van der Waals surface area (Å²) in [4.78, 5) is 0. The summed E-state index contributed by atoms with van der Waals surface area (Å²) in [7, 11) is -2.28. The molecule has 1 aliphatic rings. The Bertz CT molecular complexity index is 1530. The Morgan fingerprint density at radius 1 is 0.833 bits per heavy atom. The van der Waals surface area contributed by atoms with Crippen molar-refractivity contribution in [3.05, 3.63) is 125 Å². The van der Waals surface area contributed by atoms with Crippen LogP contribution in [0.3, 0.4) is 0 Å². The lowest BCUT2D eigenvalue weighted by atomic mass is 9.86. The second kappa shape index (κ2) is 12.4. The van der Waals surface area contributed by atoms with Gasteiger partial charge in [0.1, 0.15) is 5.75 Å². The number of hydrogen-bond acceptors (Lipinski definition) is 2. The number of nitrogens with one attached hydrogen (secondary N) is 1. The zero-order valence-corrected chi connectivity index (χ0v) is 27.5. The van der Waals surface area contributed by atoms with Crippen LogP contribution in [0.5, 0.6) is 5.75 Å². The summed E-state index contributed by atoms with van der Waals surface area (Å²) in [6, 6.07) is 35.4. The maximum atomic E-state index is 7.20. The number of unbranched alkanes of at least 4 members (excludes halogenated alkanes) is 1. The van der Waals surface area contributed by atoms with Gasteiger partial charge in [-0.05, 0) is 77.9 Å². The number of hydrogen-bond donors (Lipinski definition) is 1. The van der Waals surface area contributed by atoms with Crippen LogP contribution in [0.25, 0.3) is 17.2 Å². The standard InChI is InChI=1S/C39H47NOSi/c1-8-9-21-36(40-31-16-11-10-12-17-31)34-18-13-14-22-37(34)41-42(6,7)38-28(2)27-35-32(19-15-20-33(35)38)29-23-25-30(26-24-29)39(3,4)5/h10-20,22-27,36,38,40H,8-9,21H2,1-7H3. The summed E-state index contributed by atoms with van der Waals surface area (Å²) in [6.07, 6.45) is 5.81. The van der Waals surface area contributed by atoms with Crippen molar-refractivity contribution >= 4 is 20.1 Å². The van der Waals surface area contributed by atoms with Gasteiger partial charge >= 0.3 is 0 Å². The maximum absolute atomic E-state index is 7.20. The summed E-state index contributed by atoms with van der Waals surface area (Å²) >= 11 is 0. The van der Waals surface area contributed by atoms with E-state index in [9.17, 15) is 0 Å². The first-order valence-corrected chi connectivity index (χ1v) is 18.6. The van der Waals surface area contributed by atoms with E-state index in [0.29, 0.717) is 5.54 Å². The molecule has 2 atom stereocenters. The number of rotatable bonds is 10. The van der Waals surface area contributed by atoms with E-state index in [1.165, 1.54) is 45.4 Å². The molecule has 218 valence electrons. The van der Waals surface area contributed by atoms with Crippen molar-refractivity contribution in [1.82, 2.24) is 0 Å². The van der Waals surface area contributed by atoms with Crippen LogP contribution in [0.4, 0.5) is 5.69 Å². The quantitative estimate of drug-likeness (QED) is 0.191. The second-order valence-corrected chi connectivity index (χ2v) is 17.4. The summed E-state index contributed by atoms with van der Waals surface area (Å²) in [5.41, 5.74) is 11.0. The minimum absolute atomic E-state index is 0.147. The lowest BCUT2D eigenvalue weighted by Gasteiger charge is -2.34. The van der Waals surface area contributed by atoms with Gasteiger partial charge in [0, 0.05) is 16.8 Å². The normalized spacial score (nSPS) is 15.6. The Morgan fingerprint density at radius 3 is 2.21 bits per heavy atom. The molecule has 2 unspecified atom stereocenters. The minimum Gasteiger partial charge on any atom is -0.543 e. The van der Waals surface area contributed by atoms with Crippen LogP contribution in [0, 0.1) is 0 Å². The van der Waals surface area contributed by atoms with E-state index < -0.39 is 8.32 Å². The average molecular weight is 574 g/mol. The van der Waals surface area contributed by atoms with Gasteiger partial charge in [0.05, 0.1) is 6.04 Å². The fourth-order valence-corrected chi connectivity index (χ4v) is 9.58. The highest BCUT2D eigenvalue weighted by Crippen LogP contribution is 2.46. The fraction of sp³-hybridized carbons (Fsp3) is 0.333. The van der Waals surface area contributed by atoms with Crippen molar-refractivity contribution in [1.29, 1.82) is 0 Å². The number of para-hydroxylation sites is 2. The maximum Gasteiger partial charge on any atom is 0.256 e. The Balaban J connectivity index is 1.46. The van der Waals surface area contributed by atoms with E-state index >= 15 is 0 Å². The van der Waals surface area contributed by atoms with Gasteiger partial charge in [0.25, 0.3) is 8.32 Å². The van der Waals surface area contributed by atoms with Gasteiger partial charge in [-0.3, -0.25) is 0 Å². The van der Waals surface area contributed by atoms with Gasteiger partial charge in [-0.1, -0.05) is 131 Å². The van der Waals surface area contributed by atoms with E-state index in [1.807, 2.05) is 0 Å². The Morgan fingerprint density at radius 2 is 1.52 bits per heavy atom. The van der Waals surface area contributed by atoms with Crippen LogP contribution >= 0.6 is 0 Å². The number of allylic oxidation sites excluding steroid dienone is 1. The number of benzene rings is 4. The third-order valence-corrected chi connectivity index (χ3v) is 11.6. The SMILES string of the molecule is CCCCC(Nc1ccccc1)c1ccccc1O[Si](C)(C)C1C(C)=Cc2c(-c3ccc(C(C)(C)C)cc3)cccc21. The molecule has 3 heteroatoms. The molecular weight excluding hydrogens is 527 g/mol. The van der Waals surface area contributed by atoms with Crippen LogP contribution < -0.4 is 9.74 Å². The van der Waals surface area contributed by atoms with Crippen molar-refractivity contribution in [2.45, 2.75) is 84.0 Å². The molecule has 0 spiro atoms. The molecule has 0 aromatic heterocycles. The Hall–Kier alpha value is -3.56. The molecule has 2 nitrogen and oxygen atoms in total. The van der Waals surface area contributed by atoms with Crippen molar-refractivity contribution in [3.8, 4) is 16.9 Å². The fourth-order valence-electron chi connectivity index (χ4n) is 6.53. The first-order valence-electron chi connectivity index (χ1n) is 15.6. The highest BCUT2D eigenvalue weighted by atomic mass is 28.4. The van der Waals surface area contributed by atoms with E-state index in [-0.39, 0.29) is 11.5 Å². The van der Waals surface area contributed by atoms with Crippen LogP contribution in [0.15, 0.2) is 103 Å². The number of anilines is 1. The van der Waals surface area contributed by atoms with Crippen molar-refractivity contribution in [2.24, 2.45) is 0 Å². The number of fused-ring (bicyclic) bond motifs is 1. The van der Waals surface area contributed by atoms with Crippen LogP contribution in [-0.2, 0) is 5.41 Å². The molecular formula is C39H47NOSi. The van der Waals surface area contributed by atoms with Crippen molar-refractivity contribution < 1.29 is 4.43 Å². The summed E-state index contributed by atoms with van der Waals surface area (Å²) in [5, 5.41) is 3.81. The van der Waals surface area contributed by atoms with Gasteiger partial charge in [-0.2, -0.15) is 0 Å². The van der Waals surface area contributed by atoms with Crippen molar-refractivity contribution in [3.63, 3.8) is 0 Å². The third-order valence-electron chi connectivity index (χ3n) is 8.66. The molecule has 4 aromatic rings.